The highest BCUT2D eigenvalue weighted by Crippen LogP contribution is 2.22. The van der Waals surface area contributed by atoms with Gasteiger partial charge in [0.1, 0.15) is 0 Å². The standard InChI is InChI=1S/C12H18ClNO2S2/c1-8(15)9(2)17-7-12(16)14(3)6-10-4-5-11(13)18-10/h4-5,8-9,15H,6-7H2,1-3H3. The number of amides is 1. The summed E-state index contributed by atoms with van der Waals surface area (Å²) in [6.45, 7) is 4.24. The summed E-state index contributed by atoms with van der Waals surface area (Å²) in [5.74, 6) is 0.457. The highest BCUT2D eigenvalue weighted by molar-refractivity contribution is 8.00. The SMILES string of the molecule is CC(O)C(C)SCC(=O)N(C)Cc1ccc(Cl)s1. The Morgan fingerprint density at radius 2 is 2.22 bits per heavy atom. The highest BCUT2D eigenvalue weighted by atomic mass is 35.5. The molecule has 1 aromatic rings. The molecule has 3 nitrogen and oxygen atoms in total. The van der Waals surface area contributed by atoms with E-state index in [-0.39, 0.29) is 11.2 Å². The van der Waals surface area contributed by atoms with E-state index in [0.717, 1.165) is 9.21 Å². The van der Waals surface area contributed by atoms with Gasteiger partial charge in [-0.25, -0.2) is 0 Å². The number of carbonyl (C=O) groups excluding carboxylic acids is 1. The van der Waals surface area contributed by atoms with Crippen LogP contribution in [0.1, 0.15) is 18.7 Å². The number of hydrogen-bond donors (Lipinski definition) is 1. The quantitative estimate of drug-likeness (QED) is 0.878. The fourth-order valence-electron chi connectivity index (χ4n) is 1.21. The molecule has 0 bridgehead atoms. The van der Waals surface area contributed by atoms with Crippen LogP contribution in [0, 0.1) is 0 Å². The second-order valence-electron chi connectivity index (χ2n) is 4.21. The largest absolute Gasteiger partial charge is 0.392 e. The molecule has 1 rings (SSSR count). The van der Waals surface area contributed by atoms with Crippen LogP contribution in [0.2, 0.25) is 4.34 Å². The van der Waals surface area contributed by atoms with Gasteiger partial charge in [-0.2, -0.15) is 0 Å². The van der Waals surface area contributed by atoms with Crippen molar-refractivity contribution in [3.05, 3.63) is 21.3 Å². The molecule has 0 saturated carbocycles. The summed E-state index contributed by atoms with van der Waals surface area (Å²) >= 11 is 8.80. The lowest BCUT2D eigenvalue weighted by molar-refractivity contribution is -0.127. The molecule has 6 heteroatoms. The van der Waals surface area contributed by atoms with Crippen molar-refractivity contribution in [2.45, 2.75) is 31.7 Å². The Bertz CT molecular complexity index is 395. The van der Waals surface area contributed by atoms with E-state index in [2.05, 4.69) is 0 Å². The lowest BCUT2D eigenvalue weighted by Crippen LogP contribution is -2.29. The molecule has 102 valence electrons. The number of carbonyl (C=O) groups is 1. The number of aliphatic hydroxyl groups is 1. The number of nitrogens with zero attached hydrogens (tertiary/aromatic N) is 1. The number of halogens is 1. The Kier molecular flexibility index (Phi) is 6.49. The number of thioether (sulfide) groups is 1. The van der Waals surface area contributed by atoms with Gasteiger partial charge in [0.15, 0.2) is 0 Å². The zero-order chi connectivity index (χ0) is 13.7. The Balaban J connectivity index is 2.37. The van der Waals surface area contributed by atoms with Gasteiger partial charge in [-0.1, -0.05) is 18.5 Å². The van der Waals surface area contributed by atoms with Crippen LogP contribution in [0.5, 0.6) is 0 Å². The Morgan fingerprint density at radius 1 is 1.56 bits per heavy atom. The first-order valence-electron chi connectivity index (χ1n) is 5.68. The van der Waals surface area contributed by atoms with Gasteiger partial charge in [-0.3, -0.25) is 4.79 Å². The van der Waals surface area contributed by atoms with Crippen LogP contribution in [0.4, 0.5) is 0 Å². The molecule has 0 fully saturated rings. The van der Waals surface area contributed by atoms with Crippen molar-refractivity contribution in [3.63, 3.8) is 0 Å². The van der Waals surface area contributed by atoms with Crippen LogP contribution in [-0.2, 0) is 11.3 Å². The molecule has 1 N–H and O–H groups in total. The molecular weight excluding hydrogens is 290 g/mol. The van der Waals surface area contributed by atoms with Crippen LogP contribution in [-0.4, -0.2) is 40.1 Å². The smallest absolute Gasteiger partial charge is 0.232 e. The summed E-state index contributed by atoms with van der Waals surface area (Å²) in [7, 11) is 1.78. The zero-order valence-electron chi connectivity index (χ0n) is 10.7. The fourth-order valence-corrected chi connectivity index (χ4v) is 3.26. The van der Waals surface area contributed by atoms with E-state index in [1.165, 1.54) is 23.1 Å². The van der Waals surface area contributed by atoms with Crippen molar-refractivity contribution in [3.8, 4) is 0 Å². The molecule has 0 aliphatic carbocycles. The molecule has 2 atom stereocenters. The van der Waals surface area contributed by atoms with E-state index in [9.17, 15) is 9.90 Å². The molecule has 0 spiro atoms. The van der Waals surface area contributed by atoms with E-state index in [0.29, 0.717) is 12.3 Å². The Morgan fingerprint density at radius 3 is 2.72 bits per heavy atom. The van der Waals surface area contributed by atoms with Crippen molar-refractivity contribution < 1.29 is 9.90 Å². The maximum absolute atomic E-state index is 11.9. The summed E-state index contributed by atoms with van der Waals surface area (Å²) in [6, 6.07) is 3.77. The van der Waals surface area contributed by atoms with Crippen molar-refractivity contribution in [2.75, 3.05) is 12.8 Å². The van der Waals surface area contributed by atoms with Gasteiger partial charge in [-0.15, -0.1) is 23.1 Å². The minimum atomic E-state index is -0.399. The molecular formula is C12H18ClNO2S2. The second kappa shape index (κ2) is 7.38. The monoisotopic (exact) mass is 307 g/mol. The van der Waals surface area contributed by atoms with Crippen LogP contribution in [0.3, 0.4) is 0 Å². The van der Waals surface area contributed by atoms with E-state index in [1.54, 1.807) is 18.9 Å². The van der Waals surface area contributed by atoms with Crippen molar-refractivity contribution in [2.24, 2.45) is 0 Å². The molecule has 0 aromatic carbocycles. The lowest BCUT2D eigenvalue weighted by atomic mass is 10.3. The maximum Gasteiger partial charge on any atom is 0.232 e. The minimum absolute atomic E-state index is 0.0667. The number of aliphatic hydroxyl groups excluding tert-OH is 1. The number of thiophene rings is 1. The van der Waals surface area contributed by atoms with Gasteiger partial charge in [0.2, 0.25) is 5.91 Å². The fraction of sp³-hybridized carbons (Fsp3) is 0.583. The second-order valence-corrected chi connectivity index (χ2v) is 7.38. The van der Waals surface area contributed by atoms with E-state index < -0.39 is 6.10 Å². The van der Waals surface area contributed by atoms with Gasteiger partial charge in [0.05, 0.1) is 22.7 Å². The average molecular weight is 308 g/mol. The van der Waals surface area contributed by atoms with Crippen molar-refractivity contribution in [1.29, 1.82) is 0 Å². The summed E-state index contributed by atoms with van der Waals surface area (Å²) in [4.78, 5) is 14.6. The Hall–Kier alpha value is -0.230. The first-order chi connectivity index (χ1) is 8.40. The molecule has 2 unspecified atom stereocenters. The normalized spacial score (nSPS) is 14.3. The summed E-state index contributed by atoms with van der Waals surface area (Å²) in [5, 5.41) is 9.42. The van der Waals surface area contributed by atoms with E-state index in [4.69, 9.17) is 11.6 Å². The summed E-state index contributed by atoms with van der Waals surface area (Å²) < 4.78 is 0.739. The molecule has 1 heterocycles. The maximum atomic E-state index is 11.9. The minimum Gasteiger partial charge on any atom is -0.392 e. The molecule has 0 aliphatic rings. The van der Waals surface area contributed by atoms with E-state index >= 15 is 0 Å². The van der Waals surface area contributed by atoms with Gasteiger partial charge >= 0.3 is 0 Å². The van der Waals surface area contributed by atoms with Crippen LogP contribution < -0.4 is 0 Å². The van der Waals surface area contributed by atoms with Crippen LogP contribution in [0.25, 0.3) is 0 Å². The first kappa shape index (κ1) is 15.8. The zero-order valence-corrected chi connectivity index (χ0v) is 13.1. The molecule has 18 heavy (non-hydrogen) atoms. The predicted octanol–water partition coefficient (Wildman–Crippen LogP) is 2.86. The number of rotatable bonds is 6. The Labute approximate surface area is 121 Å². The third-order valence-corrected chi connectivity index (χ3v) is 5.15. The first-order valence-corrected chi connectivity index (χ1v) is 7.92. The van der Waals surface area contributed by atoms with Gasteiger partial charge in [0, 0.05) is 17.2 Å². The van der Waals surface area contributed by atoms with E-state index in [1.807, 2.05) is 19.1 Å². The van der Waals surface area contributed by atoms with Crippen molar-refractivity contribution in [1.82, 2.24) is 4.90 Å². The number of hydrogen-bond acceptors (Lipinski definition) is 4. The summed E-state index contributed by atoms with van der Waals surface area (Å²) in [5.41, 5.74) is 0. The molecule has 1 amide bonds. The predicted molar refractivity (Wildman–Crippen MR) is 79.4 cm³/mol. The third-order valence-electron chi connectivity index (χ3n) is 2.60. The third kappa shape index (κ3) is 5.18. The van der Waals surface area contributed by atoms with Gasteiger partial charge < -0.3 is 10.0 Å². The van der Waals surface area contributed by atoms with Crippen LogP contribution in [0.15, 0.2) is 12.1 Å². The average Bonchev–Trinajstić information content (AvgIpc) is 2.70. The van der Waals surface area contributed by atoms with Crippen LogP contribution >= 0.6 is 34.7 Å². The summed E-state index contributed by atoms with van der Waals surface area (Å²) in [6.07, 6.45) is -0.399. The molecule has 0 radical (unpaired) electrons. The van der Waals surface area contributed by atoms with Gasteiger partial charge in [0.25, 0.3) is 0 Å². The lowest BCUT2D eigenvalue weighted by Gasteiger charge is -2.18. The highest BCUT2D eigenvalue weighted by Gasteiger charge is 2.15. The topological polar surface area (TPSA) is 40.5 Å². The van der Waals surface area contributed by atoms with Crippen molar-refractivity contribution >= 4 is 40.6 Å². The molecule has 0 aliphatic heterocycles. The van der Waals surface area contributed by atoms with Gasteiger partial charge in [-0.05, 0) is 19.1 Å². The molecule has 1 aromatic heterocycles. The molecule has 0 saturated heterocycles.